The summed E-state index contributed by atoms with van der Waals surface area (Å²) in [5.41, 5.74) is 1.08. The molecule has 9 heteroatoms. The number of hydrogen-bond acceptors (Lipinski definition) is 6. The Kier molecular flexibility index (Phi) is 4.18. The second-order valence-corrected chi connectivity index (χ2v) is 5.80. The van der Waals surface area contributed by atoms with E-state index in [1.165, 1.54) is 4.90 Å². The van der Waals surface area contributed by atoms with Crippen molar-refractivity contribution in [1.82, 2.24) is 20.0 Å². The number of aliphatic hydroxyl groups excluding tert-OH is 1. The number of pyridine rings is 1. The number of β-amino-alcohol motifs (C(OH)–C–C–N with tert-alkyl or cyclic N) is 1. The maximum absolute atomic E-state index is 12.5. The number of anilines is 1. The molecule has 0 bridgehead atoms. The molecular weight excluding hydrogens is 322 g/mol. The Balaban J connectivity index is 1.81. The molecule has 23 heavy (non-hydrogen) atoms. The van der Waals surface area contributed by atoms with Crippen LogP contribution in [0.4, 0.5) is 10.5 Å². The molecule has 0 unspecified atom stereocenters. The van der Waals surface area contributed by atoms with Crippen LogP contribution in [0.3, 0.4) is 0 Å². The topological polar surface area (TPSA) is 104 Å². The summed E-state index contributed by atoms with van der Waals surface area (Å²) >= 11 is 6.14. The number of carbonyl (C=O) groups excluding carboxylic acids is 1. The van der Waals surface area contributed by atoms with Crippen LogP contribution in [0.15, 0.2) is 16.8 Å². The first-order valence-corrected chi connectivity index (χ1v) is 7.50. The summed E-state index contributed by atoms with van der Waals surface area (Å²) in [6.45, 7) is 3.63. The quantitative estimate of drug-likeness (QED) is 0.869. The lowest BCUT2D eigenvalue weighted by molar-refractivity contribution is 0.174. The highest BCUT2D eigenvalue weighted by Crippen LogP contribution is 2.32. The first-order valence-electron chi connectivity index (χ1n) is 7.12. The second-order valence-electron chi connectivity index (χ2n) is 5.43. The van der Waals surface area contributed by atoms with Gasteiger partial charge in [-0.25, -0.2) is 4.79 Å². The van der Waals surface area contributed by atoms with E-state index < -0.39 is 18.2 Å². The number of nitrogens with zero attached hydrogens (tertiary/aromatic N) is 4. The van der Waals surface area contributed by atoms with Crippen LogP contribution in [0.25, 0.3) is 0 Å². The van der Waals surface area contributed by atoms with Gasteiger partial charge >= 0.3 is 6.03 Å². The number of rotatable bonds is 2. The van der Waals surface area contributed by atoms with Crippen LogP contribution in [-0.2, 0) is 0 Å². The molecule has 2 aromatic rings. The van der Waals surface area contributed by atoms with Crippen LogP contribution >= 0.6 is 11.6 Å². The average Bonchev–Trinajstić information content (AvgIpc) is 3.09. The molecule has 3 rings (SSSR count). The summed E-state index contributed by atoms with van der Waals surface area (Å²) in [5, 5.41) is 16.8. The molecule has 2 aromatic heterocycles. The molecule has 0 saturated carbocycles. The van der Waals surface area contributed by atoms with Gasteiger partial charge in [0.1, 0.15) is 6.04 Å². The molecule has 0 spiro atoms. The Morgan fingerprint density at radius 1 is 1.52 bits per heavy atom. The number of urea groups is 1. The summed E-state index contributed by atoms with van der Waals surface area (Å²) in [7, 11) is 0. The van der Waals surface area contributed by atoms with Crippen molar-refractivity contribution in [2.24, 2.45) is 0 Å². The standard InChI is InChI=1S/C14H16ClN5O3/c1-7-12(15)10(3-4-16-7)18-14(22)20-6-9(21)5-11(20)13-17-8(2)19-23-13/h3-4,9,11,21H,5-6H2,1-2H3,(H,16,18,22)/t9-,11-/m1/s1. The fourth-order valence-electron chi connectivity index (χ4n) is 2.55. The molecule has 1 fully saturated rings. The summed E-state index contributed by atoms with van der Waals surface area (Å²) in [5.74, 6) is 0.792. The molecule has 1 aliphatic heterocycles. The fourth-order valence-corrected chi connectivity index (χ4v) is 2.71. The van der Waals surface area contributed by atoms with Gasteiger partial charge in [-0.05, 0) is 19.9 Å². The monoisotopic (exact) mass is 337 g/mol. The van der Waals surface area contributed by atoms with E-state index in [0.29, 0.717) is 34.5 Å². The highest BCUT2D eigenvalue weighted by atomic mass is 35.5. The van der Waals surface area contributed by atoms with E-state index in [0.717, 1.165) is 0 Å². The summed E-state index contributed by atoms with van der Waals surface area (Å²) in [6, 6.07) is 0.758. The average molecular weight is 338 g/mol. The van der Waals surface area contributed by atoms with E-state index in [-0.39, 0.29) is 6.54 Å². The van der Waals surface area contributed by atoms with Gasteiger partial charge in [0.15, 0.2) is 5.82 Å². The third-order valence-electron chi connectivity index (χ3n) is 3.67. The van der Waals surface area contributed by atoms with Crippen LogP contribution in [0.2, 0.25) is 5.02 Å². The fraction of sp³-hybridized carbons (Fsp3) is 0.429. The largest absolute Gasteiger partial charge is 0.391 e. The Hall–Kier alpha value is -2.19. The first kappa shape index (κ1) is 15.7. The minimum atomic E-state index is -0.646. The van der Waals surface area contributed by atoms with Crippen molar-refractivity contribution in [2.45, 2.75) is 32.4 Å². The van der Waals surface area contributed by atoms with Gasteiger partial charge in [0.25, 0.3) is 0 Å². The number of aryl methyl sites for hydroxylation is 2. The van der Waals surface area contributed by atoms with Gasteiger partial charge in [-0.15, -0.1) is 0 Å². The zero-order valence-corrected chi connectivity index (χ0v) is 13.4. The van der Waals surface area contributed by atoms with Gasteiger partial charge in [-0.3, -0.25) is 4.98 Å². The number of aromatic nitrogens is 3. The summed E-state index contributed by atoms with van der Waals surface area (Å²) in [6.07, 6.45) is 1.26. The van der Waals surface area contributed by atoms with Crippen molar-refractivity contribution < 1.29 is 14.4 Å². The normalized spacial score (nSPS) is 20.8. The molecule has 1 saturated heterocycles. The Bertz CT molecular complexity index is 735. The summed E-state index contributed by atoms with van der Waals surface area (Å²) in [4.78, 5) is 22.2. The van der Waals surface area contributed by atoms with E-state index in [1.54, 1.807) is 26.1 Å². The van der Waals surface area contributed by atoms with E-state index in [1.807, 2.05) is 0 Å². The Morgan fingerprint density at radius 2 is 2.30 bits per heavy atom. The van der Waals surface area contributed by atoms with Crippen molar-refractivity contribution in [3.63, 3.8) is 0 Å². The highest BCUT2D eigenvalue weighted by molar-refractivity contribution is 6.34. The van der Waals surface area contributed by atoms with E-state index in [4.69, 9.17) is 16.1 Å². The molecule has 122 valence electrons. The van der Waals surface area contributed by atoms with Crippen LogP contribution in [0.1, 0.15) is 29.9 Å². The van der Waals surface area contributed by atoms with Crippen molar-refractivity contribution in [2.75, 3.05) is 11.9 Å². The van der Waals surface area contributed by atoms with Gasteiger partial charge in [-0.1, -0.05) is 16.8 Å². The van der Waals surface area contributed by atoms with Crippen LogP contribution in [0, 0.1) is 13.8 Å². The van der Waals surface area contributed by atoms with Gasteiger partial charge in [0, 0.05) is 19.2 Å². The molecule has 2 atom stereocenters. The minimum absolute atomic E-state index is 0.180. The first-order chi connectivity index (χ1) is 11.0. The predicted octanol–water partition coefficient (Wildman–Crippen LogP) is 2.07. The maximum Gasteiger partial charge on any atom is 0.322 e. The SMILES string of the molecule is Cc1noc([C@H]2C[C@@H](O)CN2C(=O)Nc2ccnc(C)c2Cl)n1. The lowest BCUT2D eigenvalue weighted by atomic mass is 10.2. The number of likely N-dealkylation sites (tertiary alicyclic amines) is 1. The van der Waals surface area contributed by atoms with Crippen molar-refractivity contribution in [3.8, 4) is 0 Å². The molecule has 2 N–H and O–H groups in total. The van der Waals surface area contributed by atoms with E-state index in [2.05, 4.69) is 20.4 Å². The molecule has 1 aliphatic rings. The van der Waals surface area contributed by atoms with Gasteiger partial charge in [-0.2, -0.15) is 4.98 Å². The van der Waals surface area contributed by atoms with E-state index in [9.17, 15) is 9.90 Å². The van der Waals surface area contributed by atoms with Gasteiger partial charge < -0.3 is 19.8 Å². The number of carbonyl (C=O) groups is 1. The number of halogens is 1. The molecule has 0 radical (unpaired) electrons. The zero-order chi connectivity index (χ0) is 16.6. The van der Waals surface area contributed by atoms with Crippen molar-refractivity contribution >= 4 is 23.3 Å². The predicted molar refractivity (Wildman–Crippen MR) is 82.1 cm³/mol. The number of aliphatic hydroxyl groups is 1. The zero-order valence-electron chi connectivity index (χ0n) is 12.7. The number of amides is 2. The Labute approximate surface area is 137 Å². The molecule has 8 nitrogen and oxygen atoms in total. The smallest absolute Gasteiger partial charge is 0.322 e. The lowest BCUT2D eigenvalue weighted by Crippen LogP contribution is -2.35. The molecule has 3 heterocycles. The molecule has 0 aliphatic carbocycles. The lowest BCUT2D eigenvalue weighted by Gasteiger charge is -2.22. The maximum atomic E-state index is 12.5. The molecule has 0 aromatic carbocycles. The second kappa shape index (κ2) is 6.13. The number of hydrogen-bond donors (Lipinski definition) is 2. The number of nitrogens with one attached hydrogen (secondary N) is 1. The third kappa shape index (κ3) is 3.13. The van der Waals surface area contributed by atoms with Crippen molar-refractivity contribution in [1.29, 1.82) is 0 Å². The molecular formula is C14H16ClN5O3. The van der Waals surface area contributed by atoms with Crippen LogP contribution < -0.4 is 5.32 Å². The summed E-state index contributed by atoms with van der Waals surface area (Å²) < 4.78 is 5.14. The highest BCUT2D eigenvalue weighted by Gasteiger charge is 2.38. The van der Waals surface area contributed by atoms with Crippen LogP contribution in [0.5, 0.6) is 0 Å². The van der Waals surface area contributed by atoms with Crippen LogP contribution in [-0.4, -0.2) is 43.8 Å². The third-order valence-corrected chi connectivity index (χ3v) is 4.15. The van der Waals surface area contributed by atoms with Gasteiger partial charge in [0.05, 0.1) is 22.5 Å². The Morgan fingerprint density at radius 3 is 3.00 bits per heavy atom. The van der Waals surface area contributed by atoms with Crippen molar-refractivity contribution in [3.05, 3.63) is 34.7 Å². The minimum Gasteiger partial charge on any atom is -0.391 e. The van der Waals surface area contributed by atoms with Gasteiger partial charge in [0.2, 0.25) is 5.89 Å². The molecule has 2 amide bonds. The van der Waals surface area contributed by atoms with E-state index >= 15 is 0 Å².